The number of carbonyl (C=O) groups is 1. The second-order valence-corrected chi connectivity index (χ2v) is 5.24. The summed E-state index contributed by atoms with van der Waals surface area (Å²) in [6, 6.07) is 8.26. The third kappa shape index (κ3) is 4.41. The van der Waals surface area contributed by atoms with Crippen LogP contribution < -0.4 is 5.32 Å². The van der Waals surface area contributed by atoms with E-state index < -0.39 is 0 Å². The van der Waals surface area contributed by atoms with Crippen molar-refractivity contribution in [2.45, 2.75) is 39.2 Å². The fourth-order valence-electron chi connectivity index (χ4n) is 2.13. The van der Waals surface area contributed by atoms with Gasteiger partial charge in [-0.2, -0.15) is 5.10 Å². The Kier molecular flexibility index (Phi) is 5.09. The smallest absolute Gasteiger partial charge is 0.220 e. The number of nitrogens with one attached hydrogen (secondary N) is 1. The molecule has 0 saturated heterocycles. The predicted octanol–water partition coefficient (Wildman–Crippen LogP) is 2.19. The molecule has 2 aromatic rings. The molecular formula is C16H22N4O. The number of nitrogens with zero attached hydrogens (tertiary/aromatic N) is 3. The van der Waals surface area contributed by atoms with Gasteiger partial charge in [0.2, 0.25) is 5.91 Å². The van der Waals surface area contributed by atoms with Crippen LogP contribution in [0.5, 0.6) is 0 Å². The SMILES string of the molecule is CCc1ccc(CCC(=O)NC(C)c2ncn(C)n2)cc1. The summed E-state index contributed by atoms with van der Waals surface area (Å²) in [5.41, 5.74) is 2.50. The molecule has 1 heterocycles. The lowest BCUT2D eigenvalue weighted by molar-refractivity contribution is -0.121. The number of carbonyl (C=O) groups excluding carboxylic acids is 1. The lowest BCUT2D eigenvalue weighted by atomic mass is 10.1. The van der Waals surface area contributed by atoms with Gasteiger partial charge in [-0.1, -0.05) is 31.2 Å². The third-order valence-corrected chi connectivity index (χ3v) is 3.45. The minimum Gasteiger partial charge on any atom is -0.346 e. The summed E-state index contributed by atoms with van der Waals surface area (Å²) in [6.45, 7) is 4.03. The van der Waals surface area contributed by atoms with Crippen LogP contribution in [-0.2, 0) is 24.7 Å². The van der Waals surface area contributed by atoms with Crippen LogP contribution in [0.3, 0.4) is 0 Å². The molecule has 1 atom stereocenters. The minimum atomic E-state index is -0.166. The minimum absolute atomic E-state index is 0.0227. The second-order valence-electron chi connectivity index (χ2n) is 5.24. The van der Waals surface area contributed by atoms with Gasteiger partial charge in [0.1, 0.15) is 6.33 Å². The van der Waals surface area contributed by atoms with Crippen LogP contribution in [0.1, 0.15) is 43.3 Å². The zero-order valence-electron chi connectivity index (χ0n) is 12.8. The molecule has 1 unspecified atom stereocenters. The fourth-order valence-corrected chi connectivity index (χ4v) is 2.13. The van der Waals surface area contributed by atoms with Crippen molar-refractivity contribution in [3.63, 3.8) is 0 Å². The van der Waals surface area contributed by atoms with Crippen molar-refractivity contribution >= 4 is 5.91 Å². The lowest BCUT2D eigenvalue weighted by Gasteiger charge is -2.10. The molecule has 1 aromatic heterocycles. The van der Waals surface area contributed by atoms with Crippen molar-refractivity contribution in [3.8, 4) is 0 Å². The maximum absolute atomic E-state index is 12.0. The molecule has 0 radical (unpaired) electrons. The van der Waals surface area contributed by atoms with Gasteiger partial charge in [0.15, 0.2) is 5.82 Å². The second kappa shape index (κ2) is 7.02. The van der Waals surface area contributed by atoms with E-state index >= 15 is 0 Å². The van der Waals surface area contributed by atoms with Gasteiger partial charge in [-0.15, -0.1) is 0 Å². The first-order valence-electron chi connectivity index (χ1n) is 7.31. The lowest BCUT2D eigenvalue weighted by Crippen LogP contribution is -2.27. The Morgan fingerprint density at radius 2 is 1.95 bits per heavy atom. The molecule has 0 aliphatic carbocycles. The Balaban J connectivity index is 1.81. The molecule has 0 saturated carbocycles. The first-order valence-corrected chi connectivity index (χ1v) is 7.31. The van der Waals surface area contributed by atoms with E-state index in [4.69, 9.17) is 0 Å². The van der Waals surface area contributed by atoms with E-state index in [1.807, 2.05) is 14.0 Å². The van der Waals surface area contributed by atoms with Gasteiger partial charge in [0.05, 0.1) is 6.04 Å². The van der Waals surface area contributed by atoms with Crippen LogP contribution in [0, 0.1) is 0 Å². The molecule has 21 heavy (non-hydrogen) atoms. The van der Waals surface area contributed by atoms with Crippen LogP contribution in [0.2, 0.25) is 0 Å². The van der Waals surface area contributed by atoms with Gasteiger partial charge in [0.25, 0.3) is 0 Å². The number of aryl methyl sites for hydroxylation is 3. The van der Waals surface area contributed by atoms with Crippen LogP contribution in [0.4, 0.5) is 0 Å². The Bertz CT molecular complexity index is 589. The number of hydrogen-bond donors (Lipinski definition) is 1. The van der Waals surface area contributed by atoms with Crippen molar-refractivity contribution in [3.05, 3.63) is 47.5 Å². The average Bonchev–Trinajstić information content (AvgIpc) is 2.92. The first kappa shape index (κ1) is 15.2. The fraction of sp³-hybridized carbons (Fsp3) is 0.438. The highest BCUT2D eigenvalue weighted by atomic mass is 16.1. The number of benzene rings is 1. The van der Waals surface area contributed by atoms with Crippen LogP contribution in [0.25, 0.3) is 0 Å². The van der Waals surface area contributed by atoms with E-state index in [2.05, 4.69) is 46.6 Å². The molecule has 112 valence electrons. The summed E-state index contributed by atoms with van der Waals surface area (Å²) >= 11 is 0. The quantitative estimate of drug-likeness (QED) is 0.885. The molecule has 1 amide bonds. The molecule has 0 aliphatic heterocycles. The number of hydrogen-bond acceptors (Lipinski definition) is 3. The molecular weight excluding hydrogens is 264 g/mol. The zero-order chi connectivity index (χ0) is 15.2. The van der Waals surface area contributed by atoms with Crippen LogP contribution >= 0.6 is 0 Å². The number of aromatic nitrogens is 3. The van der Waals surface area contributed by atoms with E-state index in [1.165, 1.54) is 11.1 Å². The van der Waals surface area contributed by atoms with E-state index in [9.17, 15) is 4.79 Å². The van der Waals surface area contributed by atoms with Crippen LogP contribution in [0.15, 0.2) is 30.6 Å². The Labute approximate surface area is 125 Å². The van der Waals surface area contributed by atoms with Crippen molar-refractivity contribution in [1.82, 2.24) is 20.1 Å². The molecule has 1 N–H and O–H groups in total. The summed E-state index contributed by atoms with van der Waals surface area (Å²) in [5, 5.41) is 7.12. The van der Waals surface area contributed by atoms with Gasteiger partial charge >= 0.3 is 0 Å². The van der Waals surface area contributed by atoms with E-state index in [0.717, 1.165) is 12.8 Å². The van der Waals surface area contributed by atoms with E-state index in [0.29, 0.717) is 12.2 Å². The standard InChI is InChI=1S/C16H22N4O/c1-4-13-5-7-14(8-6-13)9-10-15(21)18-12(2)16-17-11-20(3)19-16/h5-8,11-12H,4,9-10H2,1-3H3,(H,18,21). The highest BCUT2D eigenvalue weighted by Gasteiger charge is 2.13. The Morgan fingerprint density at radius 3 is 2.52 bits per heavy atom. The molecule has 0 bridgehead atoms. The summed E-state index contributed by atoms with van der Waals surface area (Å²) < 4.78 is 1.63. The van der Waals surface area contributed by atoms with E-state index in [1.54, 1.807) is 11.0 Å². The monoisotopic (exact) mass is 286 g/mol. The third-order valence-electron chi connectivity index (χ3n) is 3.45. The highest BCUT2D eigenvalue weighted by Crippen LogP contribution is 2.09. The molecule has 2 rings (SSSR count). The number of amides is 1. The molecule has 0 fully saturated rings. The van der Waals surface area contributed by atoms with Gasteiger partial charge < -0.3 is 5.32 Å². The van der Waals surface area contributed by atoms with Gasteiger partial charge in [-0.3, -0.25) is 9.48 Å². The van der Waals surface area contributed by atoms with Crippen molar-refractivity contribution < 1.29 is 4.79 Å². The van der Waals surface area contributed by atoms with Crippen LogP contribution in [-0.4, -0.2) is 20.7 Å². The molecule has 1 aromatic carbocycles. The molecule has 0 spiro atoms. The Morgan fingerprint density at radius 1 is 1.29 bits per heavy atom. The maximum Gasteiger partial charge on any atom is 0.220 e. The molecule has 5 heteroatoms. The van der Waals surface area contributed by atoms with Gasteiger partial charge in [-0.05, 0) is 30.9 Å². The summed E-state index contributed by atoms with van der Waals surface area (Å²) in [7, 11) is 1.81. The van der Waals surface area contributed by atoms with Gasteiger partial charge in [0, 0.05) is 13.5 Å². The molecule has 5 nitrogen and oxygen atoms in total. The Hall–Kier alpha value is -2.17. The zero-order valence-corrected chi connectivity index (χ0v) is 12.8. The average molecular weight is 286 g/mol. The molecule has 0 aliphatic rings. The first-order chi connectivity index (χ1) is 10.1. The summed E-state index contributed by atoms with van der Waals surface area (Å²) in [6.07, 6.45) is 3.89. The summed E-state index contributed by atoms with van der Waals surface area (Å²) in [4.78, 5) is 16.1. The van der Waals surface area contributed by atoms with E-state index in [-0.39, 0.29) is 11.9 Å². The topological polar surface area (TPSA) is 59.8 Å². The van der Waals surface area contributed by atoms with Crippen molar-refractivity contribution in [1.29, 1.82) is 0 Å². The van der Waals surface area contributed by atoms with Gasteiger partial charge in [-0.25, -0.2) is 4.98 Å². The maximum atomic E-state index is 12.0. The van der Waals surface area contributed by atoms with Crippen molar-refractivity contribution in [2.24, 2.45) is 7.05 Å². The number of rotatable bonds is 6. The predicted molar refractivity (Wildman–Crippen MR) is 81.7 cm³/mol. The highest BCUT2D eigenvalue weighted by molar-refractivity contribution is 5.76. The van der Waals surface area contributed by atoms with Crippen molar-refractivity contribution in [2.75, 3.05) is 0 Å². The largest absolute Gasteiger partial charge is 0.346 e. The summed E-state index contributed by atoms with van der Waals surface area (Å²) in [5.74, 6) is 0.660. The normalized spacial score (nSPS) is 12.1.